The largest absolute Gasteiger partial charge is 0.493 e. The van der Waals surface area contributed by atoms with Crippen molar-refractivity contribution in [3.63, 3.8) is 0 Å². The second kappa shape index (κ2) is 13.5. The Hall–Kier alpha value is -2.61. The minimum atomic E-state index is -0.855. The van der Waals surface area contributed by atoms with E-state index in [2.05, 4.69) is 11.9 Å². The van der Waals surface area contributed by atoms with E-state index in [1.54, 1.807) is 20.3 Å². The number of rotatable bonds is 14. The molecule has 1 unspecified atom stereocenters. The number of methoxy groups -OCH3 is 2. The molecule has 2 aromatic carbocycles. The molecule has 0 aromatic heterocycles. The highest BCUT2D eigenvalue weighted by Gasteiger charge is 2.37. The molecule has 0 spiro atoms. The SMILES string of the molecule is COc1ccc(CCN(C)CCCC(C)(C(=O)OC(C)C)c2ccc(CO)c(CO)c2)cc1OC. The Kier molecular flexibility index (Phi) is 11.0. The van der Waals surface area contributed by atoms with E-state index >= 15 is 0 Å². The van der Waals surface area contributed by atoms with Gasteiger partial charge in [0.1, 0.15) is 0 Å². The van der Waals surface area contributed by atoms with Gasteiger partial charge in [0.05, 0.1) is 39.0 Å². The van der Waals surface area contributed by atoms with E-state index in [4.69, 9.17) is 14.2 Å². The molecule has 0 amide bonds. The predicted octanol–water partition coefficient (Wildman–Crippen LogP) is 3.85. The third kappa shape index (κ3) is 7.69. The van der Waals surface area contributed by atoms with Crippen molar-refractivity contribution >= 4 is 5.97 Å². The van der Waals surface area contributed by atoms with Crippen LogP contribution in [0.2, 0.25) is 0 Å². The highest BCUT2D eigenvalue weighted by atomic mass is 16.5. The molecular weight excluding hydrogens is 446 g/mol. The second-order valence-electron chi connectivity index (χ2n) is 9.43. The van der Waals surface area contributed by atoms with Crippen LogP contribution in [0.1, 0.15) is 55.9 Å². The second-order valence-corrected chi connectivity index (χ2v) is 9.43. The number of aliphatic hydroxyl groups excluding tert-OH is 2. The number of nitrogens with zero attached hydrogens (tertiary/aromatic N) is 1. The normalized spacial score (nSPS) is 13.1. The van der Waals surface area contributed by atoms with Crippen LogP contribution in [-0.2, 0) is 34.6 Å². The number of benzene rings is 2. The van der Waals surface area contributed by atoms with E-state index in [9.17, 15) is 15.0 Å². The zero-order valence-electron chi connectivity index (χ0n) is 22.0. The number of ether oxygens (including phenoxy) is 3. The molecule has 1 atom stereocenters. The molecule has 0 radical (unpaired) electrons. The Morgan fingerprint density at radius 3 is 2.26 bits per heavy atom. The van der Waals surface area contributed by atoms with Gasteiger partial charge in [0.2, 0.25) is 0 Å². The van der Waals surface area contributed by atoms with E-state index in [0.29, 0.717) is 23.3 Å². The van der Waals surface area contributed by atoms with Gasteiger partial charge in [-0.1, -0.05) is 24.3 Å². The molecule has 0 saturated heterocycles. The molecule has 0 fully saturated rings. The predicted molar refractivity (Wildman–Crippen MR) is 137 cm³/mol. The van der Waals surface area contributed by atoms with Crippen LogP contribution >= 0.6 is 0 Å². The number of hydrogen-bond donors (Lipinski definition) is 2. The summed E-state index contributed by atoms with van der Waals surface area (Å²) in [5.74, 6) is 1.16. The smallest absolute Gasteiger partial charge is 0.316 e. The topological polar surface area (TPSA) is 88.5 Å². The van der Waals surface area contributed by atoms with Crippen LogP contribution in [0.3, 0.4) is 0 Å². The lowest BCUT2D eigenvalue weighted by molar-refractivity contribution is -0.154. The average Bonchev–Trinajstić information content (AvgIpc) is 2.86. The number of carbonyl (C=O) groups is 1. The van der Waals surface area contributed by atoms with E-state index < -0.39 is 5.41 Å². The van der Waals surface area contributed by atoms with Crippen LogP contribution in [0, 0.1) is 0 Å². The molecule has 35 heavy (non-hydrogen) atoms. The number of hydrogen-bond acceptors (Lipinski definition) is 7. The molecule has 0 saturated carbocycles. The van der Waals surface area contributed by atoms with Gasteiger partial charge in [0, 0.05) is 6.54 Å². The van der Waals surface area contributed by atoms with Crippen LogP contribution in [0.5, 0.6) is 11.5 Å². The lowest BCUT2D eigenvalue weighted by atomic mass is 9.77. The molecule has 0 aliphatic heterocycles. The van der Waals surface area contributed by atoms with Crippen molar-refractivity contribution in [3.8, 4) is 11.5 Å². The Morgan fingerprint density at radius 1 is 0.971 bits per heavy atom. The van der Waals surface area contributed by atoms with Crippen LogP contribution in [0.4, 0.5) is 0 Å². The average molecular weight is 488 g/mol. The van der Waals surface area contributed by atoms with E-state index in [1.807, 2.05) is 51.1 Å². The van der Waals surface area contributed by atoms with Gasteiger partial charge in [0.25, 0.3) is 0 Å². The standard InChI is InChI=1S/C28H41NO6/c1-20(2)35-27(32)28(3,24-10-9-22(18-30)23(17-24)19-31)13-7-14-29(4)15-12-21-8-11-25(33-5)26(16-21)34-6/h8-11,16-17,20,30-31H,7,12-15,18-19H2,1-6H3. The quantitative estimate of drug-likeness (QED) is 0.391. The number of aliphatic hydroxyl groups is 2. The highest BCUT2D eigenvalue weighted by Crippen LogP contribution is 2.33. The van der Waals surface area contributed by atoms with Crippen molar-refractivity contribution in [1.82, 2.24) is 4.90 Å². The fraction of sp³-hybridized carbons (Fsp3) is 0.536. The lowest BCUT2D eigenvalue weighted by Gasteiger charge is -2.30. The summed E-state index contributed by atoms with van der Waals surface area (Å²) in [6.07, 6.45) is 2.04. The van der Waals surface area contributed by atoms with Crippen molar-refractivity contribution < 1.29 is 29.2 Å². The first-order valence-electron chi connectivity index (χ1n) is 12.1. The summed E-state index contributed by atoms with van der Waals surface area (Å²) in [6, 6.07) is 11.4. The van der Waals surface area contributed by atoms with Crippen molar-refractivity contribution in [1.29, 1.82) is 0 Å². The Labute approximate surface area is 209 Å². The van der Waals surface area contributed by atoms with Gasteiger partial charge < -0.3 is 29.3 Å². The van der Waals surface area contributed by atoms with Gasteiger partial charge in [-0.3, -0.25) is 4.79 Å². The summed E-state index contributed by atoms with van der Waals surface area (Å²) in [7, 11) is 5.34. The molecule has 0 aliphatic carbocycles. The van der Waals surface area contributed by atoms with Gasteiger partial charge in [-0.05, 0) is 88.0 Å². The van der Waals surface area contributed by atoms with Gasteiger partial charge >= 0.3 is 5.97 Å². The summed E-state index contributed by atoms with van der Waals surface area (Å²) in [6.45, 7) is 6.91. The molecule has 0 heterocycles. The molecule has 7 nitrogen and oxygen atoms in total. The minimum Gasteiger partial charge on any atom is -0.493 e. The zero-order chi connectivity index (χ0) is 26.0. The van der Waals surface area contributed by atoms with Gasteiger partial charge in [0.15, 0.2) is 11.5 Å². The Bertz CT molecular complexity index is 960. The van der Waals surface area contributed by atoms with Crippen LogP contribution < -0.4 is 9.47 Å². The minimum absolute atomic E-state index is 0.159. The molecule has 2 aromatic rings. The first-order valence-corrected chi connectivity index (χ1v) is 12.1. The number of esters is 1. The molecule has 0 bridgehead atoms. The maximum atomic E-state index is 13.2. The summed E-state index contributed by atoms with van der Waals surface area (Å²) in [5, 5.41) is 19.3. The molecule has 2 rings (SSSR count). The monoisotopic (exact) mass is 487 g/mol. The van der Waals surface area contributed by atoms with Crippen LogP contribution in [0.15, 0.2) is 36.4 Å². The third-order valence-corrected chi connectivity index (χ3v) is 6.42. The number of likely N-dealkylation sites (N-methyl/N-ethyl adjacent to an activating group) is 1. The van der Waals surface area contributed by atoms with Crippen molar-refractivity contribution in [2.45, 2.75) is 64.8 Å². The van der Waals surface area contributed by atoms with Crippen molar-refractivity contribution in [2.24, 2.45) is 0 Å². The molecule has 0 aliphatic rings. The zero-order valence-corrected chi connectivity index (χ0v) is 22.0. The highest BCUT2D eigenvalue weighted by molar-refractivity contribution is 5.83. The summed E-state index contributed by atoms with van der Waals surface area (Å²) in [4.78, 5) is 15.4. The van der Waals surface area contributed by atoms with Crippen molar-refractivity contribution in [3.05, 3.63) is 58.7 Å². The summed E-state index contributed by atoms with van der Waals surface area (Å²) in [5.41, 5.74) is 2.39. The van der Waals surface area contributed by atoms with Crippen LogP contribution in [0.25, 0.3) is 0 Å². The van der Waals surface area contributed by atoms with Gasteiger partial charge in [-0.25, -0.2) is 0 Å². The van der Waals surface area contributed by atoms with Crippen molar-refractivity contribution in [2.75, 3.05) is 34.4 Å². The number of carbonyl (C=O) groups excluding carboxylic acids is 1. The third-order valence-electron chi connectivity index (χ3n) is 6.42. The Balaban J connectivity index is 2.06. The fourth-order valence-corrected chi connectivity index (χ4v) is 4.15. The van der Waals surface area contributed by atoms with E-state index in [-0.39, 0.29) is 25.3 Å². The fourth-order valence-electron chi connectivity index (χ4n) is 4.15. The first-order chi connectivity index (χ1) is 16.7. The molecule has 194 valence electrons. The van der Waals surface area contributed by atoms with E-state index in [0.717, 1.165) is 37.2 Å². The maximum Gasteiger partial charge on any atom is 0.316 e. The summed E-state index contributed by atoms with van der Waals surface area (Å²) < 4.78 is 16.3. The van der Waals surface area contributed by atoms with Crippen LogP contribution in [-0.4, -0.2) is 61.5 Å². The molecule has 2 N–H and O–H groups in total. The van der Waals surface area contributed by atoms with E-state index in [1.165, 1.54) is 5.56 Å². The first kappa shape index (κ1) is 28.6. The Morgan fingerprint density at radius 2 is 1.66 bits per heavy atom. The molecule has 7 heteroatoms. The van der Waals surface area contributed by atoms with Gasteiger partial charge in [-0.15, -0.1) is 0 Å². The van der Waals surface area contributed by atoms with Gasteiger partial charge in [-0.2, -0.15) is 0 Å². The maximum absolute atomic E-state index is 13.2. The molecular formula is C28H41NO6. The lowest BCUT2D eigenvalue weighted by Crippen LogP contribution is -2.37. The summed E-state index contributed by atoms with van der Waals surface area (Å²) >= 11 is 0.